The van der Waals surface area contributed by atoms with Crippen molar-refractivity contribution >= 4 is 0 Å². The molecule has 19 heavy (non-hydrogen) atoms. The maximum absolute atomic E-state index is 11.5. The van der Waals surface area contributed by atoms with Crippen LogP contribution in [0.2, 0.25) is 0 Å². The first kappa shape index (κ1) is 12.9. The van der Waals surface area contributed by atoms with E-state index in [9.17, 15) is 9.90 Å². The summed E-state index contributed by atoms with van der Waals surface area (Å²) in [5.41, 5.74) is -0.0495. The predicted molar refractivity (Wildman–Crippen MR) is 67.7 cm³/mol. The van der Waals surface area contributed by atoms with Crippen molar-refractivity contribution in [3.63, 3.8) is 0 Å². The number of hydrogen-bond donors (Lipinski definition) is 1. The zero-order valence-electron chi connectivity index (χ0n) is 10.8. The number of nitrogens with zero attached hydrogens (tertiary/aromatic N) is 1. The van der Waals surface area contributed by atoms with E-state index in [4.69, 9.17) is 13.9 Å². The summed E-state index contributed by atoms with van der Waals surface area (Å²) in [6.45, 7) is 1.44. The number of hydrogen-bond acceptors (Lipinski definition) is 6. The van der Waals surface area contributed by atoms with E-state index in [-0.39, 0.29) is 17.3 Å². The number of aromatic hydroxyl groups is 1. The highest BCUT2D eigenvalue weighted by molar-refractivity contribution is 5.60. The van der Waals surface area contributed by atoms with Crippen molar-refractivity contribution < 1.29 is 19.0 Å². The quantitative estimate of drug-likeness (QED) is 0.908. The fraction of sp³-hybridized carbons (Fsp3) is 0.231. The second-order valence-corrected chi connectivity index (χ2v) is 3.82. The minimum Gasteiger partial charge on any atom is -0.493 e. The number of aromatic nitrogens is 1. The van der Waals surface area contributed by atoms with E-state index in [1.165, 1.54) is 21.1 Å². The van der Waals surface area contributed by atoms with Gasteiger partial charge in [-0.3, -0.25) is 0 Å². The van der Waals surface area contributed by atoms with Gasteiger partial charge in [0.15, 0.2) is 11.5 Å². The van der Waals surface area contributed by atoms with Crippen LogP contribution in [-0.4, -0.2) is 24.3 Å². The van der Waals surface area contributed by atoms with Gasteiger partial charge < -0.3 is 19.0 Å². The average molecular weight is 263 g/mol. The van der Waals surface area contributed by atoms with Crippen LogP contribution in [-0.2, 0) is 0 Å². The van der Waals surface area contributed by atoms with Crippen molar-refractivity contribution in [2.75, 3.05) is 14.2 Å². The van der Waals surface area contributed by atoms with Crippen LogP contribution in [0.15, 0.2) is 27.4 Å². The molecule has 1 heterocycles. The molecule has 2 aromatic rings. The number of benzene rings is 1. The largest absolute Gasteiger partial charge is 0.493 e. The third-order valence-electron chi connectivity index (χ3n) is 2.67. The topological polar surface area (TPSA) is 81.8 Å². The van der Waals surface area contributed by atoms with E-state index in [0.29, 0.717) is 17.1 Å². The van der Waals surface area contributed by atoms with Crippen molar-refractivity contribution in [1.82, 2.24) is 4.98 Å². The van der Waals surface area contributed by atoms with E-state index in [1.54, 1.807) is 18.2 Å². The standard InChI is InChI=1S/C13H13NO5/c1-7-11(15)14-12(19-13(7)16)8-4-5-9(17-2)10(6-8)18-3/h4-6,15H,1-3H3. The molecular weight excluding hydrogens is 250 g/mol. The van der Waals surface area contributed by atoms with Gasteiger partial charge in [0.1, 0.15) is 0 Å². The second-order valence-electron chi connectivity index (χ2n) is 3.82. The van der Waals surface area contributed by atoms with E-state index in [2.05, 4.69) is 4.98 Å². The Balaban J connectivity index is 2.56. The molecule has 0 saturated heterocycles. The summed E-state index contributed by atoms with van der Waals surface area (Å²) in [7, 11) is 3.02. The lowest BCUT2D eigenvalue weighted by molar-refractivity contribution is 0.355. The molecule has 0 aliphatic rings. The molecule has 2 rings (SSSR count). The number of rotatable bonds is 3. The molecule has 1 aromatic carbocycles. The van der Waals surface area contributed by atoms with Crippen LogP contribution >= 0.6 is 0 Å². The van der Waals surface area contributed by atoms with Gasteiger partial charge in [-0.25, -0.2) is 4.79 Å². The van der Waals surface area contributed by atoms with Crippen molar-refractivity contribution in [3.05, 3.63) is 34.2 Å². The summed E-state index contributed by atoms with van der Waals surface area (Å²) in [5.74, 6) is 0.699. The van der Waals surface area contributed by atoms with Gasteiger partial charge >= 0.3 is 5.63 Å². The molecule has 1 N–H and O–H groups in total. The fourth-order valence-electron chi connectivity index (χ4n) is 1.55. The maximum atomic E-state index is 11.5. The van der Waals surface area contributed by atoms with Crippen molar-refractivity contribution in [2.45, 2.75) is 6.92 Å². The Kier molecular flexibility index (Phi) is 3.41. The van der Waals surface area contributed by atoms with Crippen LogP contribution in [0, 0.1) is 6.92 Å². The average Bonchev–Trinajstić information content (AvgIpc) is 2.43. The third-order valence-corrected chi connectivity index (χ3v) is 2.67. The van der Waals surface area contributed by atoms with Gasteiger partial charge in [0.05, 0.1) is 19.8 Å². The monoisotopic (exact) mass is 263 g/mol. The number of ether oxygens (including phenoxy) is 2. The molecule has 0 aliphatic carbocycles. The molecule has 1 aromatic heterocycles. The SMILES string of the molecule is COc1ccc(-c2nc(O)c(C)c(=O)o2)cc1OC. The molecule has 0 bridgehead atoms. The molecule has 0 spiro atoms. The van der Waals surface area contributed by atoms with Crippen molar-refractivity contribution in [1.29, 1.82) is 0 Å². The maximum Gasteiger partial charge on any atom is 0.345 e. The Morgan fingerprint density at radius 3 is 2.47 bits per heavy atom. The van der Waals surface area contributed by atoms with Crippen molar-refractivity contribution in [3.8, 4) is 28.8 Å². The molecule has 0 amide bonds. The van der Waals surface area contributed by atoms with Gasteiger partial charge in [-0.1, -0.05) is 0 Å². The Morgan fingerprint density at radius 2 is 1.89 bits per heavy atom. The van der Waals surface area contributed by atoms with E-state index >= 15 is 0 Å². The molecule has 0 atom stereocenters. The molecule has 0 fully saturated rings. The van der Waals surface area contributed by atoms with Gasteiger partial charge in [0.25, 0.3) is 0 Å². The first-order valence-corrected chi connectivity index (χ1v) is 5.50. The zero-order chi connectivity index (χ0) is 14.0. The Labute approximate surface area is 109 Å². The van der Waals surface area contributed by atoms with Crippen LogP contribution in [0.25, 0.3) is 11.5 Å². The lowest BCUT2D eigenvalue weighted by Crippen LogP contribution is -2.05. The highest BCUT2D eigenvalue weighted by Crippen LogP contribution is 2.31. The normalized spacial score (nSPS) is 10.3. The summed E-state index contributed by atoms with van der Waals surface area (Å²) < 4.78 is 15.3. The highest BCUT2D eigenvalue weighted by atomic mass is 16.5. The van der Waals surface area contributed by atoms with Gasteiger partial charge in [0.2, 0.25) is 11.8 Å². The summed E-state index contributed by atoms with van der Waals surface area (Å²) in [5, 5.41) is 9.54. The third kappa shape index (κ3) is 2.37. The van der Waals surface area contributed by atoms with Crippen LogP contribution < -0.4 is 15.1 Å². The molecule has 6 heteroatoms. The van der Waals surface area contributed by atoms with E-state index < -0.39 is 5.63 Å². The van der Waals surface area contributed by atoms with E-state index in [1.807, 2.05) is 0 Å². The molecular formula is C13H13NO5. The fourth-order valence-corrected chi connectivity index (χ4v) is 1.55. The van der Waals surface area contributed by atoms with Crippen LogP contribution in [0.5, 0.6) is 17.4 Å². The Hall–Kier alpha value is -2.50. The van der Waals surface area contributed by atoms with E-state index in [0.717, 1.165) is 0 Å². The first-order valence-electron chi connectivity index (χ1n) is 5.50. The zero-order valence-corrected chi connectivity index (χ0v) is 10.8. The molecule has 0 saturated carbocycles. The predicted octanol–water partition coefficient (Wildman–Crippen LogP) is 1.73. The molecule has 0 aliphatic heterocycles. The summed E-state index contributed by atoms with van der Waals surface area (Å²) >= 11 is 0. The minimum absolute atomic E-state index is 0.0223. The van der Waals surface area contributed by atoms with Gasteiger partial charge in [-0.15, -0.1) is 0 Å². The van der Waals surface area contributed by atoms with Crippen LogP contribution in [0.4, 0.5) is 0 Å². The number of methoxy groups -OCH3 is 2. The molecule has 0 radical (unpaired) electrons. The Morgan fingerprint density at radius 1 is 1.21 bits per heavy atom. The Bertz CT molecular complexity index is 663. The summed E-state index contributed by atoms with van der Waals surface area (Å²) in [6.07, 6.45) is 0. The lowest BCUT2D eigenvalue weighted by atomic mass is 10.2. The van der Waals surface area contributed by atoms with Crippen LogP contribution in [0.3, 0.4) is 0 Å². The first-order chi connectivity index (χ1) is 9.06. The molecule has 100 valence electrons. The van der Waals surface area contributed by atoms with Gasteiger partial charge in [0, 0.05) is 5.56 Å². The lowest BCUT2D eigenvalue weighted by Gasteiger charge is -2.08. The van der Waals surface area contributed by atoms with Crippen molar-refractivity contribution in [2.24, 2.45) is 0 Å². The summed E-state index contributed by atoms with van der Waals surface area (Å²) in [6, 6.07) is 4.92. The summed E-state index contributed by atoms with van der Waals surface area (Å²) in [4.78, 5) is 15.3. The molecule has 0 unspecified atom stereocenters. The minimum atomic E-state index is -0.628. The smallest absolute Gasteiger partial charge is 0.345 e. The highest BCUT2D eigenvalue weighted by Gasteiger charge is 2.13. The van der Waals surface area contributed by atoms with Gasteiger partial charge in [-0.05, 0) is 25.1 Å². The molecule has 6 nitrogen and oxygen atoms in total. The van der Waals surface area contributed by atoms with Crippen LogP contribution in [0.1, 0.15) is 5.56 Å². The second kappa shape index (κ2) is 5.01. The van der Waals surface area contributed by atoms with Gasteiger partial charge in [-0.2, -0.15) is 4.98 Å².